The molecule has 0 aliphatic heterocycles. The van der Waals surface area contributed by atoms with Gasteiger partial charge in [-0.05, 0) is 74.8 Å². The molecule has 27 heavy (non-hydrogen) atoms. The second-order valence-electron chi connectivity index (χ2n) is 7.20. The van der Waals surface area contributed by atoms with Crippen LogP contribution in [0.2, 0.25) is 0 Å². The van der Waals surface area contributed by atoms with Gasteiger partial charge in [-0.1, -0.05) is 19.4 Å². The van der Waals surface area contributed by atoms with E-state index < -0.39 is 0 Å². The highest BCUT2D eigenvalue weighted by molar-refractivity contribution is 7.17. The van der Waals surface area contributed by atoms with E-state index in [1.807, 2.05) is 32.0 Å². The van der Waals surface area contributed by atoms with Crippen molar-refractivity contribution < 1.29 is 14.3 Å². The Balaban J connectivity index is 1.93. The van der Waals surface area contributed by atoms with E-state index >= 15 is 0 Å². The van der Waals surface area contributed by atoms with Gasteiger partial charge in [0.2, 0.25) is 0 Å². The maximum Gasteiger partial charge on any atom is 0.341 e. The maximum absolute atomic E-state index is 12.8. The van der Waals surface area contributed by atoms with Crippen LogP contribution in [0.1, 0.15) is 69.0 Å². The van der Waals surface area contributed by atoms with Gasteiger partial charge in [-0.15, -0.1) is 11.3 Å². The van der Waals surface area contributed by atoms with Crippen LogP contribution >= 0.6 is 11.3 Å². The fraction of sp³-hybridized carbons (Fsp3) is 0.455. The highest BCUT2D eigenvalue weighted by Crippen LogP contribution is 2.41. The highest BCUT2D eigenvalue weighted by atomic mass is 32.1. The van der Waals surface area contributed by atoms with Gasteiger partial charge in [0.1, 0.15) is 5.00 Å². The zero-order valence-electron chi connectivity index (χ0n) is 16.5. The van der Waals surface area contributed by atoms with Crippen molar-refractivity contribution in [2.45, 2.75) is 53.4 Å². The zero-order valence-corrected chi connectivity index (χ0v) is 17.3. The monoisotopic (exact) mass is 385 g/mol. The molecule has 2 aromatic rings. The summed E-state index contributed by atoms with van der Waals surface area (Å²) in [5, 5.41) is 3.61. The molecular weight excluding hydrogens is 358 g/mol. The SMILES string of the molecule is CCOC(=O)c1c(NC(=O)c2ccc(C)c(C)c2)sc2c1CC[C@@H](CC)C2. The molecule has 1 heterocycles. The number of amides is 1. The lowest BCUT2D eigenvalue weighted by Crippen LogP contribution is -2.17. The number of esters is 1. The van der Waals surface area contributed by atoms with E-state index in [0.717, 1.165) is 42.4 Å². The number of rotatable bonds is 5. The maximum atomic E-state index is 12.8. The van der Waals surface area contributed by atoms with Gasteiger partial charge in [-0.2, -0.15) is 0 Å². The second-order valence-corrected chi connectivity index (χ2v) is 8.30. The molecule has 0 saturated carbocycles. The number of carbonyl (C=O) groups is 2. The van der Waals surface area contributed by atoms with E-state index in [-0.39, 0.29) is 11.9 Å². The molecule has 0 bridgehead atoms. The Bertz CT molecular complexity index is 869. The van der Waals surface area contributed by atoms with Crippen LogP contribution in [0.4, 0.5) is 5.00 Å². The summed E-state index contributed by atoms with van der Waals surface area (Å²) in [6, 6.07) is 5.65. The van der Waals surface area contributed by atoms with Gasteiger partial charge < -0.3 is 10.1 Å². The summed E-state index contributed by atoms with van der Waals surface area (Å²) in [4.78, 5) is 26.6. The molecule has 1 aliphatic carbocycles. The highest BCUT2D eigenvalue weighted by Gasteiger charge is 2.30. The molecule has 3 rings (SSSR count). The fourth-order valence-corrected chi connectivity index (χ4v) is 4.91. The van der Waals surface area contributed by atoms with E-state index in [9.17, 15) is 9.59 Å². The topological polar surface area (TPSA) is 55.4 Å². The molecular formula is C22H27NO3S. The molecule has 144 valence electrons. The Hall–Kier alpha value is -2.14. The van der Waals surface area contributed by atoms with Crippen LogP contribution in [-0.4, -0.2) is 18.5 Å². The molecule has 0 fully saturated rings. The molecule has 4 nitrogen and oxygen atoms in total. The normalized spacial score (nSPS) is 15.9. The summed E-state index contributed by atoms with van der Waals surface area (Å²) in [5.74, 6) is 0.129. The molecule has 1 N–H and O–H groups in total. The lowest BCUT2D eigenvalue weighted by Gasteiger charge is -2.20. The molecule has 0 spiro atoms. The van der Waals surface area contributed by atoms with Crippen molar-refractivity contribution in [2.24, 2.45) is 5.92 Å². The summed E-state index contributed by atoms with van der Waals surface area (Å²) >= 11 is 1.53. The Kier molecular flexibility index (Phi) is 6.00. The predicted octanol–water partition coefficient (Wildman–Crippen LogP) is 5.31. The van der Waals surface area contributed by atoms with E-state index in [1.165, 1.54) is 16.2 Å². The summed E-state index contributed by atoms with van der Waals surface area (Å²) in [7, 11) is 0. The third-order valence-corrected chi connectivity index (χ3v) is 6.59. The second kappa shape index (κ2) is 8.26. The number of hydrogen-bond acceptors (Lipinski definition) is 4. The first kappa shape index (κ1) is 19.6. The van der Waals surface area contributed by atoms with Gasteiger partial charge in [0.25, 0.3) is 5.91 Å². The molecule has 1 amide bonds. The molecule has 0 saturated heterocycles. The number of ether oxygens (including phenoxy) is 1. The Labute approximate surface area is 164 Å². The molecule has 0 radical (unpaired) electrons. The van der Waals surface area contributed by atoms with Crippen LogP contribution < -0.4 is 5.32 Å². The average Bonchev–Trinajstić information content (AvgIpc) is 3.00. The average molecular weight is 386 g/mol. The largest absolute Gasteiger partial charge is 0.462 e. The number of thiophene rings is 1. The van der Waals surface area contributed by atoms with E-state index in [4.69, 9.17) is 4.74 Å². The van der Waals surface area contributed by atoms with Crippen LogP contribution in [0.3, 0.4) is 0 Å². The molecule has 1 aliphatic rings. The van der Waals surface area contributed by atoms with Crippen molar-refractivity contribution >= 4 is 28.2 Å². The van der Waals surface area contributed by atoms with Crippen LogP contribution in [0.5, 0.6) is 0 Å². The van der Waals surface area contributed by atoms with Crippen LogP contribution in [0, 0.1) is 19.8 Å². The number of carbonyl (C=O) groups excluding carboxylic acids is 2. The summed E-state index contributed by atoms with van der Waals surface area (Å²) in [5.41, 5.74) is 4.45. The van der Waals surface area contributed by atoms with Crippen molar-refractivity contribution in [1.29, 1.82) is 0 Å². The minimum atomic E-state index is -0.333. The minimum absolute atomic E-state index is 0.186. The van der Waals surface area contributed by atoms with Gasteiger partial charge in [0.15, 0.2) is 0 Å². The van der Waals surface area contributed by atoms with E-state index in [1.54, 1.807) is 6.92 Å². The lowest BCUT2D eigenvalue weighted by atomic mass is 9.85. The van der Waals surface area contributed by atoms with Gasteiger partial charge in [-0.25, -0.2) is 4.79 Å². The first-order chi connectivity index (χ1) is 12.9. The molecule has 1 aromatic carbocycles. The molecule has 1 aromatic heterocycles. The number of nitrogens with one attached hydrogen (secondary N) is 1. The fourth-order valence-electron chi connectivity index (χ4n) is 3.57. The number of fused-ring (bicyclic) bond motifs is 1. The van der Waals surface area contributed by atoms with Crippen LogP contribution in [0.15, 0.2) is 18.2 Å². The van der Waals surface area contributed by atoms with Gasteiger partial charge >= 0.3 is 5.97 Å². The summed E-state index contributed by atoms with van der Waals surface area (Å²) in [6.45, 7) is 8.35. The van der Waals surface area contributed by atoms with Crippen molar-refractivity contribution in [3.05, 3.63) is 50.9 Å². The van der Waals surface area contributed by atoms with Crippen LogP contribution in [0.25, 0.3) is 0 Å². The van der Waals surface area contributed by atoms with Crippen molar-refractivity contribution in [3.63, 3.8) is 0 Å². The van der Waals surface area contributed by atoms with E-state index in [2.05, 4.69) is 12.2 Å². The van der Waals surface area contributed by atoms with Crippen LogP contribution in [-0.2, 0) is 17.6 Å². The quantitative estimate of drug-likeness (QED) is 0.710. The minimum Gasteiger partial charge on any atom is -0.462 e. The number of aryl methyl sites for hydroxylation is 2. The zero-order chi connectivity index (χ0) is 19.6. The summed E-state index contributed by atoms with van der Waals surface area (Å²) in [6.07, 6.45) is 4.06. The number of benzene rings is 1. The first-order valence-corrected chi connectivity index (χ1v) is 10.5. The Morgan fingerprint density at radius 3 is 2.67 bits per heavy atom. The van der Waals surface area contributed by atoms with Crippen molar-refractivity contribution in [1.82, 2.24) is 0 Å². The van der Waals surface area contributed by atoms with Gasteiger partial charge in [-0.3, -0.25) is 4.79 Å². The molecule has 1 atom stereocenters. The van der Waals surface area contributed by atoms with Crippen molar-refractivity contribution in [2.75, 3.05) is 11.9 Å². The predicted molar refractivity (Wildman–Crippen MR) is 110 cm³/mol. The molecule has 5 heteroatoms. The molecule has 0 unspecified atom stereocenters. The number of hydrogen-bond donors (Lipinski definition) is 1. The third-order valence-electron chi connectivity index (χ3n) is 5.42. The Morgan fingerprint density at radius 2 is 2.00 bits per heavy atom. The first-order valence-electron chi connectivity index (χ1n) is 9.64. The third kappa shape index (κ3) is 4.08. The standard InChI is InChI=1S/C22H27NO3S/c1-5-15-8-10-17-18(12-15)27-21(19(17)22(25)26-6-2)23-20(24)16-9-7-13(3)14(4)11-16/h7,9,11,15H,5-6,8,10,12H2,1-4H3,(H,23,24)/t15-/m1/s1. The summed E-state index contributed by atoms with van der Waals surface area (Å²) < 4.78 is 5.28. The van der Waals surface area contributed by atoms with E-state index in [0.29, 0.717) is 28.7 Å². The number of anilines is 1. The van der Waals surface area contributed by atoms with Gasteiger partial charge in [0.05, 0.1) is 12.2 Å². The van der Waals surface area contributed by atoms with Gasteiger partial charge in [0, 0.05) is 10.4 Å². The lowest BCUT2D eigenvalue weighted by molar-refractivity contribution is 0.0526. The Morgan fingerprint density at radius 1 is 1.22 bits per heavy atom. The van der Waals surface area contributed by atoms with Crippen molar-refractivity contribution in [3.8, 4) is 0 Å². The smallest absolute Gasteiger partial charge is 0.341 e.